The molecule has 0 aliphatic carbocycles. The van der Waals surface area contributed by atoms with E-state index in [1.807, 2.05) is 13.8 Å². The fourth-order valence-corrected chi connectivity index (χ4v) is 1.91. The van der Waals surface area contributed by atoms with Crippen LogP contribution in [0.2, 0.25) is 0 Å². The van der Waals surface area contributed by atoms with Crippen LogP contribution in [0.4, 0.5) is 4.39 Å². The molecule has 0 radical (unpaired) electrons. The minimum atomic E-state index is -0.354. The average molecular weight is 331 g/mol. The predicted molar refractivity (Wildman–Crippen MR) is 79.1 cm³/mol. The summed E-state index contributed by atoms with van der Waals surface area (Å²) in [7, 11) is 0. The van der Waals surface area contributed by atoms with E-state index < -0.39 is 0 Å². The monoisotopic (exact) mass is 330 g/mol. The molecule has 0 saturated heterocycles. The minimum Gasteiger partial charge on any atom is -0.490 e. The first-order valence-corrected chi connectivity index (χ1v) is 7.04. The van der Waals surface area contributed by atoms with Gasteiger partial charge in [-0.25, -0.2) is 4.39 Å². The zero-order valence-corrected chi connectivity index (χ0v) is 12.9. The van der Waals surface area contributed by atoms with E-state index in [2.05, 4.69) is 15.9 Å². The number of nitrogens with one attached hydrogen (secondary N) is 1. The average Bonchev–Trinajstić information content (AvgIpc) is 2.32. The van der Waals surface area contributed by atoms with Crippen LogP contribution >= 0.6 is 15.9 Å². The number of amidine groups is 1. The number of unbranched alkanes of at least 4 members (excludes halogenated alkanes) is 1. The van der Waals surface area contributed by atoms with Gasteiger partial charge >= 0.3 is 0 Å². The maximum absolute atomic E-state index is 13.4. The van der Waals surface area contributed by atoms with E-state index >= 15 is 0 Å². The lowest BCUT2D eigenvalue weighted by molar-refractivity contribution is 0.283. The Morgan fingerprint density at radius 1 is 1.42 bits per heavy atom. The third kappa shape index (κ3) is 5.19. The van der Waals surface area contributed by atoms with Crippen molar-refractivity contribution in [3.8, 4) is 5.75 Å². The van der Waals surface area contributed by atoms with Crippen molar-refractivity contribution in [1.29, 1.82) is 5.41 Å². The number of ether oxygens (including phenoxy) is 1. The van der Waals surface area contributed by atoms with Gasteiger partial charge in [-0.05, 0) is 37.5 Å². The van der Waals surface area contributed by atoms with Crippen LogP contribution in [-0.4, -0.2) is 12.4 Å². The van der Waals surface area contributed by atoms with E-state index in [-0.39, 0.29) is 22.8 Å². The molecule has 0 fully saturated rings. The number of halogens is 2. The lowest BCUT2D eigenvalue weighted by Crippen LogP contribution is -2.30. The summed E-state index contributed by atoms with van der Waals surface area (Å²) in [5.74, 6) is 0.110. The van der Waals surface area contributed by atoms with E-state index in [0.717, 1.165) is 23.7 Å². The molecule has 3 nitrogen and oxygen atoms in total. The van der Waals surface area contributed by atoms with Crippen molar-refractivity contribution < 1.29 is 9.13 Å². The summed E-state index contributed by atoms with van der Waals surface area (Å²) >= 11 is 3.28. The largest absolute Gasteiger partial charge is 0.490 e. The third-order valence-corrected chi connectivity index (χ3v) is 3.57. The Hall–Kier alpha value is -1.10. The molecule has 19 heavy (non-hydrogen) atoms. The first kappa shape index (κ1) is 16.0. The highest BCUT2D eigenvalue weighted by molar-refractivity contribution is 9.10. The van der Waals surface area contributed by atoms with E-state index in [0.29, 0.717) is 6.61 Å². The van der Waals surface area contributed by atoms with Gasteiger partial charge in [0.2, 0.25) is 0 Å². The van der Waals surface area contributed by atoms with Gasteiger partial charge in [0, 0.05) is 9.89 Å². The summed E-state index contributed by atoms with van der Waals surface area (Å²) in [6.07, 6.45) is 2.53. The van der Waals surface area contributed by atoms with Gasteiger partial charge in [0.15, 0.2) is 11.6 Å². The summed E-state index contributed by atoms with van der Waals surface area (Å²) in [6, 6.07) is 4.63. The van der Waals surface area contributed by atoms with E-state index in [1.165, 1.54) is 6.07 Å². The van der Waals surface area contributed by atoms with Crippen LogP contribution in [-0.2, 0) is 0 Å². The van der Waals surface area contributed by atoms with Crippen LogP contribution in [0.25, 0.3) is 0 Å². The van der Waals surface area contributed by atoms with Gasteiger partial charge < -0.3 is 10.5 Å². The zero-order valence-electron chi connectivity index (χ0n) is 11.3. The molecule has 0 aliphatic rings. The normalized spacial score (nSPS) is 11.4. The zero-order chi connectivity index (χ0) is 14.5. The molecule has 0 bridgehead atoms. The van der Waals surface area contributed by atoms with Gasteiger partial charge in [-0.2, -0.15) is 0 Å². The second kappa shape index (κ2) is 6.89. The van der Waals surface area contributed by atoms with Crippen molar-refractivity contribution in [2.75, 3.05) is 6.61 Å². The van der Waals surface area contributed by atoms with E-state index in [9.17, 15) is 4.39 Å². The van der Waals surface area contributed by atoms with Crippen LogP contribution in [0.15, 0.2) is 22.7 Å². The van der Waals surface area contributed by atoms with Crippen LogP contribution in [0.3, 0.4) is 0 Å². The Labute approximate surface area is 122 Å². The second-order valence-electron chi connectivity index (χ2n) is 5.18. The number of rotatable bonds is 7. The fourth-order valence-electron chi connectivity index (χ4n) is 1.57. The van der Waals surface area contributed by atoms with Crippen molar-refractivity contribution in [3.05, 3.63) is 28.5 Å². The molecule has 1 rings (SSSR count). The van der Waals surface area contributed by atoms with E-state index in [1.54, 1.807) is 12.1 Å². The Morgan fingerprint density at radius 2 is 2.11 bits per heavy atom. The van der Waals surface area contributed by atoms with Crippen molar-refractivity contribution in [2.24, 2.45) is 11.1 Å². The summed E-state index contributed by atoms with van der Waals surface area (Å²) in [5.41, 5.74) is 5.23. The highest BCUT2D eigenvalue weighted by Gasteiger charge is 2.20. The molecule has 1 aromatic carbocycles. The molecule has 0 aromatic heterocycles. The molecule has 0 heterocycles. The molecule has 1 aromatic rings. The van der Waals surface area contributed by atoms with Gasteiger partial charge in [0.25, 0.3) is 0 Å². The van der Waals surface area contributed by atoms with Crippen LogP contribution < -0.4 is 10.5 Å². The molecule has 106 valence electrons. The number of benzene rings is 1. The molecule has 0 aliphatic heterocycles. The first-order valence-electron chi connectivity index (χ1n) is 6.25. The lowest BCUT2D eigenvalue weighted by Gasteiger charge is -2.22. The molecule has 0 atom stereocenters. The molecule has 0 spiro atoms. The summed E-state index contributed by atoms with van der Waals surface area (Å²) in [6.45, 7) is 4.36. The highest BCUT2D eigenvalue weighted by Crippen LogP contribution is 2.24. The highest BCUT2D eigenvalue weighted by atomic mass is 79.9. The van der Waals surface area contributed by atoms with Crippen molar-refractivity contribution >= 4 is 21.8 Å². The molecule has 5 heteroatoms. The Kier molecular flexibility index (Phi) is 5.79. The molecule has 0 unspecified atom stereocenters. The van der Waals surface area contributed by atoms with Crippen LogP contribution in [0.1, 0.15) is 33.1 Å². The number of nitrogens with two attached hydrogens (primary N) is 1. The Balaban J connectivity index is 2.32. The molecule has 0 amide bonds. The van der Waals surface area contributed by atoms with Crippen molar-refractivity contribution in [2.45, 2.75) is 33.1 Å². The quantitative estimate of drug-likeness (QED) is 0.449. The fraction of sp³-hybridized carbons (Fsp3) is 0.500. The SMILES string of the molecule is CC(C)(CCCCOc1cc(Br)ccc1F)C(=N)N. The molecular weight excluding hydrogens is 311 g/mol. The van der Waals surface area contributed by atoms with E-state index in [4.69, 9.17) is 15.9 Å². The maximum atomic E-state index is 13.4. The summed E-state index contributed by atoms with van der Waals surface area (Å²) in [4.78, 5) is 0. The predicted octanol–water partition coefficient (Wildman–Crippen LogP) is 4.10. The Morgan fingerprint density at radius 3 is 2.74 bits per heavy atom. The van der Waals surface area contributed by atoms with Crippen LogP contribution in [0.5, 0.6) is 5.75 Å². The number of hydrogen-bond donors (Lipinski definition) is 2. The molecule has 0 saturated carbocycles. The van der Waals surface area contributed by atoms with Gasteiger partial charge in [0.05, 0.1) is 12.4 Å². The van der Waals surface area contributed by atoms with Gasteiger partial charge in [-0.15, -0.1) is 0 Å². The second-order valence-corrected chi connectivity index (χ2v) is 6.09. The van der Waals surface area contributed by atoms with Crippen LogP contribution in [0, 0.1) is 16.6 Å². The van der Waals surface area contributed by atoms with Gasteiger partial charge in [-0.1, -0.05) is 29.8 Å². The maximum Gasteiger partial charge on any atom is 0.165 e. The smallest absolute Gasteiger partial charge is 0.165 e. The Bertz CT molecular complexity index is 449. The first-order chi connectivity index (χ1) is 8.83. The third-order valence-electron chi connectivity index (χ3n) is 3.08. The topological polar surface area (TPSA) is 59.1 Å². The van der Waals surface area contributed by atoms with Gasteiger partial charge in [-0.3, -0.25) is 5.41 Å². The van der Waals surface area contributed by atoms with Gasteiger partial charge in [0.1, 0.15) is 0 Å². The lowest BCUT2D eigenvalue weighted by atomic mass is 9.86. The van der Waals surface area contributed by atoms with Crippen molar-refractivity contribution in [1.82, 2.24) is 0 Å². The standard InChI is InChI=1S/C14H20BrFN2O/c1-14(2,13(17)18)7-3-4-8-19-12-9-10(15)5-6-11(12)16/h5-6,9H,3-4,7-8H2,1-2H3,(H3,17,18). The number of hydrogen-bond acceptors (Lipinski definition) is 2. The summed E-state index contributed by atoms with van der Waals surface area (Å²) < 4.78 is 19.6. The van der Waals surface area contributed by atoms with Crippen molar-refractivity contribution in [3.63, 3.8) is 0 Å². The molecule has 3 N–H and O–H groups in total. The minimum absolute atomic E-state index is 0.200. The molecular formula is C14H20BrFN2O. The summed E-state index contributed by atoms with van der Waals surface area (Å²) in [5, 5.41) is 7.46.